The van der Waals surface area contributed by atoms with E-state index in [1.807, 2.05) is 12.1 Å². The molecule has 0 aromatic carbocycles. The van der Waals surface area contributed by atoms with Crippen LogP contribution in [0.25, 0.3) is 11.0 Å². The van der Waals surface area contributed by atoms with Gasteiger partial charge in [0.05, 0.1) is 5.52 Å². The Morgan fingerprint density at radius 3 is 3.00 bits per heavy atom. The number of piperazine rings is 1. The zero-order chi connectivity index (χ0) is 13.5. The molecule has 3 N–H and O–H groups in total. The van der Waals surface area contributed by atoms with Crippen molar-refractivity contribution in [1.29, 1.82) is 0 Å². The Morgan fingerprint density at radius 1 is 1.37 bits per heavy atom. The third-order valence-corrected chi connectivity index (χ3v) is 3.32. The first-order valence-corrected chi connectivity index (χ1v) is 6.43. The molecule has 2 aromatic heterocycles. The van der Waals surface area contributed by atoms with Crippen LogP contribution in [-0.4, -0.2) is 40.1 Å². The Labute approximate surface area is 112 Å². The molecule has 0 bridgehead atoms. The fraction of sp³-hybridized carbons (Fsp3) is 0.462. The van der Waals surface area contributed by atoms with Gasteiger partial charge in [0.1, 0.15) is 5.52 Å². The molecule has 1 saturated heterocycles. The Balaban J connectivity index is 2.01. The van der Waals surface area contributed by atoms with Crippen molar-refractivity contribution in [1.82, 2.24) is 20.3 Å². The van der Waals surface area contributed by atoms with Crippen LogP contribution in [-0.2, 0) is 0 Å². The second-order valence-corrected chi connectivity index (χ2v) is 5.51. The lowest BCUT2D eigenvalue weighted by molar-refractivity contribution is 0.350. The number of nitrogens with one attached hydrogen (secondary N) is 1. The van der Waals surface area contributed by atoms with Crippen molar-refractivity contribution >= 4 is 22.8 Å². The second kappa shape index (κ2) is 4.31. The van der Waals surface area contributed by atoms with Gasteiger partial charge in [0.25, 0.3) is 0 Å². The number of nitrogens with zero attached hydrogens (tertiary/aromatic N) is 4. The van der Waals surface area contributed by atoms with Gasteiger partial charge in [-0.05, 0) is 26.0 Å². The molecule has 1 fully saturated rings. The number of fused-ring (bicyclic) bond motifs is 1. The Hall–Kier alpha value is -1.95. The molecule has 0 radical (unpaired) electrons. The molecule has 1 aliphatic rings. The van der Waals surface area contributed by atoms with E-state index in [-0.39, 0.29) is 5.54 Å². The molecule has 6 nitrogen and oxygen atoms in total. The zero-order valence-electron chi connectivity index (χ0n) is 11.2. The first-order chi connectivity index (χ1) is 9.05. The van der Waals surface area contributed by atoms with Gasteiger partial charge in [0.15, 0.2) is 5.82 Å². The molecule has 3 rings (SSSR count). The van der Waals surface area contributed by atoms with E-state index in [1.165, 1.54) is 0 Å². The van der Waals surface area contributed by atoms with Crippen LogP contribution in [0.3, 0.4) is 0 Å². The summed E-state index contributed by atoms with van der Waals surface area (Å²) in [5.41, 5.74) is 7.49. The van der Waals surface area contributed by atoms with Crippen LogP contribution < -0.4 is 16.0 Å². The third kappa shape index (κ3) is 2.31. The van der Waals surface area contributed by atoms with E-state index in [4.69, 9.17) is 5.73 Å². The van der Waals surface area contributed by atoms with Crippen molar-refractivity contribution in [2.75, 3.05) is 30.3 Å². The fourth-order valence-corrected chi connectivity index (χ4v) is 2.43. The van der Waals surface area contributed by atoms with E-state index in [0.717, 1.165) is 25.2 Å². The van der Waals surface area contributed by atoms with E-state index >= 15 is 0 Å². The van der Waals surface area contributed by atoms with Crippen molar-refractivity contribution < 1.29 is 0 Å². The summed E-state index contributed by atoms with van der Waals surface area (Å²) >= 11 is 0. The lowest BCUT2D eigenvalue weighted by Crippen LogP contribution is -2.57. The molecular formula is C13H18N6. The quantitative estimate of drug-likeness (QED) is 0.787. The molecule has 0 aliphatic carbocycles. The first kappa shape index (κ1) is 12.1. The molecule has 0 atom stereocenters. The van der Waals surface area contributed by atoms with Crippen LogP contribution in [0, 0.1) is 0 Å². The largest absolute Gasteiger partial charge is 0.382 e. The van der Waals surface area contributed by atoms with Gasteiger partial charge in [-0.2, -0.15) is 4.98 Å². The normalized spacial score (nSPS) is 18.7. The van der Waals surface area contributed by atoms with Gasteiger partial charge in [-0.25, -0.2) is 4.98 Å². The number of hydrogen-bond acceptors (Lipinski definition) is 6. The van der Waals surface area contributed by atoms with Gasteiger partial charge in [-0.3, -0.25) is 4.98 Å². The fourth-order valence-electron chi connectivity index (χ4n) is 2.43. The second-order valence-electron chi connectivity index (χ2n) is 5.51. The summed E-state index contributed by atoms with van der Waals surface area (Å²) in [6.07, 6.45) is 1.70. The third-order valence-electron chi connectivity index (χ3n) is 3.32. The summed E-state index contributed by atoms with van der Waals surface area (Å²) in [5.74, 6) is 1.13. The Bertz CT molecular complexity index is 609. The van der Waals surface area contributed by atoms with Gasteiger partial charge < -0.3 is 16.0 Å². The van der Waals surface area contributed by atoms with Crippen LogP contribution in [0.1, 0.15) is 13.8 Å². The molecule has 0 saturated carbocycles. The number of nitrogens with two attached hydrogens (primary N) is 1. The van der Waals surface area contributed by atoms with E-state index in [0.29, 0.717) is 17.3 Å². The minimum Gasteiger partial charge on any atom is -0.382 e. The number of rotatable bonds is 1. The Morgan fingerprint density at radius 2 is 2.21 bits per heavy atom. The summed E-state index contributed by atoms with van der Waals surface area (Å²) in [7, 11) is 0. The molecule has 6 heteroatoms. The minimum absolute atomic E-state index is 0.0558. The van der Waals surface area contributed by atoms with Crippen molar-refractivity contribution in [3.63, 3.8) is 0 Å². The van der Waals surface area contributed by atoms with Gasteiger partial charge in [-0.15, -0.1) is 0 Å². The molecule has 0 spiro atoms. The number of hydrogen-bond donors (Lipinski definition) is 2. The lowest BCUT2D eigenvalue weighted by Gasteiger charge is -2.39. The van der Waals surface area contributed by atoms with Crippen molar-refractivity contribution in [2.24, 2.45) is 0 Å². The highest BCUT2D eigenvalue weighted by Gasteiger charge is 2.27. The highest BCUT2D eigenvalue weighted by Crippen LogP contribution is 2.21. The van der Waals surface area contributed by atoms with E-state index < -0.39 is 0 Å². The lowest BCUT2D eigenvalue weighted by atomic mass is 10.0. The van der Waals surface area contributed by atoms with Crippen LogP contribution in [0.15, 0.2) is 18.3 Å². The smallest absolute Gasteiger partial charge is 0.228 e. The van der Waals surface area contributed by atoms with Crippen molar-refractivity contribution in [2.45, 2.75) is 19.4 Å². The van der Waals surface area contributed by atoms with Crippen molar-refractivity contribution in [3.05, 3.63) is 18.3 Å². The zero-order valence-corrected chi connectivity index (χ0v) is 11.2. The highest BCUT2D eigenvalue weighted by atomic mass is 15.3. The first-order valence-electron chi connectivity index (χ1n) is 6.43. The summed E-state index contributed by atoms with van der Waals surface area (Å²) in [6, 6.07) is 3.78. The highest BCUT2D eigenvalue weighted by molar-refractivity contribution is 5.84. The van der Waals surface area contributed by atoms with Crippen LogP contribution in [0.4, 0.5) is 11.8 Å². The minimum atomic E-state index is 0.0558. The number of aromatic nitrogens is 3. The molecule has 0 unspecified atom stereocenters. The molecule has 100 valence electrons. The maximum Gasteiger partial charge on any atom is 0.228 e. The van der Waals surface area contributed by atoms with Gasteiger partial charge in [0, 0.05) is 31.4 Å². The summed E-state index contributed by atoms with van der Waals surface area (Å²) in [6.45, 7) is 7.00. The maximum atomic E-state index is 5.98. The van der Waals surface area contributed by atoms with Gasteiger partial charge >= 0.3 is 0 Å². The van der Waals surface area contributed by atoms with E-state index in [2.05, 4.69) is 39.0 Å². The monoisotopic (exact) mass is 258 g/mol. The molecule has 2 aromatic rings. The predicted octanol–water partition coefficient (Wildman–Crippen LogP) is 0.795. The standard InChI is InChI=1S/C13H18N6/c1-13(2)8-19(7-6-16-13)12-17-9-4-3-5-15-10(9)11(14)18-12/h3-5,16H,6-8H2,1-2H3,(H2,14,17,18). The number of anilines is 2. The summed E-state index contributed by atoms with van der Waals surface area (Å²) in [5, 5.41) is 3.47. The van der Waals surface area contributed by atoms with Gasteiger partial charge in [-0.1, -0.05) is 0 Å². The van der Waals surface area contributed by atoms with Crippen LogP contribution in [0.2, 0.25) is 0 Å². The SMILES string of the molecule is CC1(C)CN(c2nc(N)c3ncccc3n2)CCN1. The van der Waals surface area contributed by atoms with E-state index in [1.54, 1.807) is 6.20 Å². The van der Waals surface area contributed by atoms with Crippen LogP contribution in [0.5, 0.6) is 0 Å². The number of nitrogen functional groups attached to an aromatic ring is 1. The predicted molar refractivity (Wildman–Crippen MR) is 76.0 cm³/mol. The maximum absolute atomic E-state index is 5.98. The number of pyridine rings is 1. The van der Waals surface area contributed by atoms with Crippen LogP contribution >= 0.6 is 0 Å². The van der Waals surface area contributed by atoms with Gasteiger partial charge in [0.2, 0.25) is 5.95 Å². The summed E-state index contributed by atoms with van der Waals surface area (Å²) in [4.78, 5) is 15.3. The molecular weight excluding hydrogens is 240 g/mol. The average Bonchev–Trinajstić information content (AvgIpc) is 2.37. The Kier molecular flexibility index (Phi) is 2.74. The molecule has 3 heterocycles. The topological polar surface area (TPSA) is 80.0 Å². The molecule has 19 heavy (non-hydrogen) atoms. The molecule has 1 aliphatic heterocycles. The average molecular weight is 258 g/mol. The van der Waals surface area contributed by atoms with E-state index in [9.17, 15) is 0 Å². The molecule has 0 amide bonds. The summed E-state index contributed by atoms with van der Waals surface area (Å²) < 4.78 is 0. The van der Waals surface area contributed by atoms with Crippen molar-refractivity contribution in [3.8, 4) is 0 Å².